The van der Waals surface area contributed by atoms with E-state index in [2.05, 4.69) is 33.7 Å². The normalized spacial score (nSPS) is 12.4. The largest absolute Gasteiger partial charge is 0.396 e. The molecule has 0 saturated carbocycles. The number of nitrogen functional groups attached to an aromatic ring is 1. The van der Waals surface area contributed by atoms with E-state index in [0.29, 0.717) is 42.5 Å². The van der Waals surface area contributed by atoms with Crippen LogP contribution in [0.3, 0.4) is 0 Å². The second-order valence-corrected chi connectivity index (χ2v) is 7.48. The molecule has 0 aliphatic heterocycles. The molecule has 2 rings (SSSR count). The number of aliphatic hydroxyl groups is 1. The summed E-state index contributed by atoms with van der Waals surface area (Å²) in [6, 6.07) is 11.8. The van der Waals surface area contributed by atoms with E-state index in [1.807, 2.05) is 37.3 Å². The van der Waals surface area contributed by atoms with Gasteiger partial charge < -0.3 is 21.5 Å². The first-order valence-electron chi connectivity index (χ1n) is 11.1. The van der Waals surface area contributed by atoms with Crippen molar-refractivity contribution in [1.82, 2.24) is 20.4 Å². The van der Waals surface area contributed by atoms with Gasteiger partial charge in [0.2, 0.25) is 0 Å². The number of para-hydroxylation sites is 1. The molecule has 1 atom stereocenters. The summed E-state index contributed by atoms with van der Waals surface area (Å²) in [4.78, 5) is 4.68. The van der Waals surface area contributed by atoms with E-state index >= 15 is 0 Å². The molecule has 1 heterocycles. The number of aromatic nitrogens is 2. The van der Waals surface area contributed by atoms with Gasteiger partial charge in [0.05, 0.1) is 11.4 Å². The lowest BCUT2D eigenvalue weighted by Crippen LogP contribution is -2.38. The molecular formula is C23H35N7O. The second kappa shape index (κ2) is 13.3. The highest BCUT2D eigenvalue weighted by atomic mass is 16.3. The van der Waals surface area contributed by atoms with Crippen molar-refractivity contribution in [2.75, 3.05) is 32.0 Å². The number of anilines is 1. The molecular weight excluding hydrogens is 390 g/mol. The monoisotopic (exact) mass is 425 g/mol. The molecule has 0 spiro atoms. The van der Waals surface area contributed by atoms with Crippen LogP contribution in [0.25, 0.3) is 5.69 Å². The van der Waals surface area contributed by atoms with Crippen molar-refractivity contribution in [3.63, 3.8) is 0 Å². The van der Waals surface area contributed by atoms with Gasteiger partial charge in [0.1, 0.15) is 17.5 Å². The van der Waals surface area contributed by atoms with Crippen LogP contribution in [0.2, 0.25) is 0 Å². The molecule has 0 fully saturated rings. The number of hydrogen-bond donors (Lipinski definition) is 4. The molecule has 1 unspecified atom stereocenters. The van der Waals surface area contributed by atoms with Crippen molar-refractivity contribution < 1.29 is 5.11 Å². The zero-order valence-corrected chi connectivity index (χ0v) is 18.6. The maximum Gasteiger partial charge on any atom is 0.191 e. The van der Waals surface area contributed by atoms with Gasteiger partial charge in [0.15, 0.2) is 5.96 Å². The Bertz CT molecular complexity index is 849. The topological polar surface area (TPSA) is 124 Å². The Morgan fingerprint density at radius 2 is 2.03 bits per heavy atom. The van der Waals surface area contributed by atoms with Crippen LogP contribution in [0.5, 0.6) is 0 Å². The van der Waals surface area contributed by atoms with E-state index in [9.17, 15) is 10.4 Å². The molecule has 5 N–H and O–H groups in total. The first-order valence-corrected chi connectivity index (χ1v) is 11.1. The average Bonchev–Trinajstić information content (AvgIpc) is 3.10. The summed E-state index contributed by atoms with van der Waals surface area (Å²) in [5.74, 6) is 1.54. The van der Waals surface area contributed by atoms with Crippen LogP contribution in [0, 0.1) is 17.2 Å². The molecule has 8 heteroatoms. The Morgan fingerprint density at radius 3 is 2.68 bits per heavy atom. The van der Waals surface area contributed by atoms with Gasteiger partial charge in [-0.25, -0.2) is 4.68 Å². The molecule has 1 aromatic heterocycles. The number of aliphatic hydroxyl groups excluding tert-OH is 1. The van der Waals surface area contributed by atoms with Crippen LogP contribution in [0.15, 0.2) is 35.3 Å². The molecule has 0 bridgehead atoms. The summed E-state index contributed by atoms with van der Waals surface area (Å²) in [7, 11) is 0. The first-order chi connectivity index (χ1) is 15.1. The highest BCUT2D eigenvalue weighted by Crippen LogP contribution is 2.21. The van der Waals surface area contributed by atoms with Gasteiger partial charge in [0, 0.05) is 26.2 Å². The molecule has 0 aliphatic rings. The predicted molar refractivity (Wildman–Crippen MR) is 125 cm³/mol. The van der Waals surface area contributed by atoms with E-state index in [1.54, 1.807) is 4.68 Å². The van der Waals surface area contributed by atoms with Crippen LogP contribution < -0.4 is 16.4 Å². The SMILES string of the molecule is CCCC(CCO)CN=C(NCC)NCCCc1nn(-c2ccccc2)c(N)c1C#N. The van der Waals surface area contributed by atoms with Crippen LogP contribution in [0.4, 0.5) is 5.82 Å². The van der Waals surface area contributed by atoms with Gasteiger partial charge in [-0.15, -0.1) is 0 Å². The average molecular weight is 426 g/mol. The number of benzene rings is 1. The number of hydrogen-bond acceptors (Lipinski definition) is 5. The van der Waals surface area contributed by atoms with Gasteiger partial charge in [-0.3, -0.25) is 4.99 Å². The summed E-state index contributed by atoms with van der Waals surface area (Å²) in [6.07, 6.45) is 4.36. The lowest BCUT2D eigenvalue weighted by atomic mass is 10.0. The number of rotatable bonds is 12. The number of nitriles is 1. The van der Waals surface area contributed by atoms with Crippen LogP contribution >= 0.6 is 0 Å². The molecule has 0 radical (unpaired) electrons. The highest BCUT2D eigenvalue weighted by Gasteiger charge is 2.16. The van der Waals surface area contributed by atoms with Crippen molar-refractivity contribution >= 4 is 11.8 Å². The van der Waals surface area contributed by atoms with Crippen molar-refractivity contribution in [1.29, 1.82) is 5.26 Å². The van der Waals surface area contributed by atoms with Gasteiger partial charge >= 0.3 is 0 Å². The van der Waals surface area contributed by atoms with Crippen molar-refractivity contribution in [3.05, 3.63) is 41.6 Å². The Balaban J connectivity index is 1.95. The maximum atomic E-state index is 9.54. The third kappa shape index (κ3) is 7.30. The molecule has 2 aromatic rings. The van der Waals surface area contributed by atoms with E-state index in [-0.39, 0.29) is 6.61 Å². The minimum atomic E-state index is 0.199. The third-order valence-electron chi connectivity index (χ3n) is 5.08. The third-order valence-corrected chi connectivity index (χ3v) is 5.08. The van der Waals surface area contributed by atoms with Crippen LogP contribution in [-0.4, -0.2) is 47.1 Å². The van der Waals surface area contributed by atoms with E-state index in [0.717, 1.165) is 43.9 Å². The predicted octanol–water partition coefficient (Wildman–Crippen LogP) is 2.61. The quantitative estimate of drug-likeness (QED) is 0.235. The lowest BCUT2D eigenvalue weighted by Gasteiger charge is -2.15. The van der Waals surface area contributed by atoms with Gasteiger partial charge in [-0.1, -0.05) is 31.5 Å². The minimum Gasteiger partial charge on any atom is -0.396 e. The van der Waals surface area contributed by atoms with Crippen molar-refractivity contribution in [2.24, 2.45) is 10.9 Å². The van der Waals surface area contributed by atoms with Gasteiger partial charge in [-0.2, -0.15) is 10.4 Å². The number of nitrogens with one attached hydrogen (secondary N) is 2. The van der Waals surface area contributed by atoms with Gasteiger partial charge in [-0.05, 0) is 50.7 Å². The summed E-state index contributed by atoms with van der Waals surface area (Å²) < 4.78 is 1.63. The minimum absolute atomic E-state index is 0.199. The number of aryl methyl sites for hydroxylation is 1. The van der Waals surface area contributed by atoms with E-state index in [4.69, 9.17) is 5.73 Å². The smallest absolute Gasteiger partial charge is 0.191 e. The molecule has 168 valence electrons. The number of nitrogens with two attached hydrogens (primary N) is 1. The summed E-state index contributed by atoms with van der Waals surface area (Å²) in [5.41, 5.74) is 8.16. The fraction of sp³-hybridized carbons (Fsp3) is 0.522. The maximum absolute atomic E-state index is 9.54. The molecule has 0 aliphatic carbocycles. The first kappa shape index (κ1) is 24.2. The highest BCUT2D eigenvalue weighted by molar-refractivity contribution is 5.79. The zero-order valence-electron chi connectivity index (χ0n) is 18.6. The number of nitrogens with zero attached hydrogens (tertiary/aromatic N) is 4. The van der Waals surface area contributed by atoms with E-state index < -0.39 is 0 Å². The second-order valence-electron chi connectivity index (χ2n) is 7.48. The van der Waals surface area contributed by atoms with Crippen LogP contribution in [0.1, 0.15) is 50.8 Å². The Kier molecular flexibility index (Phi) is 10.4. The molecule has 31 heavy (non-hydrogen) atoms. The molecule has 1 aromatic carbocycles. The fourth-order valence-corrected chi connectivity index (χ4v) is 3.48. The number of aliphatic imine (C=N–C) groups is 1. The Hall–Kier alpha value is -3.05. The lowest BCUT2D eigenvalue weighted by molar-refractivity contribution is 0.253. The summed E-state index contributed by atoms with van der Waals surface area (Å²) in [5, 5.41) is 30.0. The van der Waals surface area contributed by atoms with Crippen molar-refractivity contribution in [3.8, 4) is 11.8 Å². The van der Waals surface area contributed by atoms with E-state index in [1.165, 1.54) is 0 Å². The number of guanidine groups is 1. The van der Waals surface area contributed by atoms with Crippen LogP contribution in [-0.2, 0) is 6.42 Å². The Labute approximate surface area is 185 Å². The Morgan fingerprint density at radius 1 is 1.26 bits per heavy atom. The standard InChI is InChI=1S/C23H35N7O/c1-3-9-18(13-15-31)17-28-23(26-4-2)27-14-8-12-21-20(16-24)22(25)30(29-21)19-10-6-5-7-11-19/h5-7,10-11,18,31H,3-4,8-9,12-15,17,25H2,1-2H3,(H2,26,27,28). The van der Waals surface area contributed by atoms with Gasteiger partial charge in [0.25, 0.3) is 0 Å². The fourth-order valence-electron chi connectivity index (χ4n) is 3.48. The zero-order chi connectivity index (χ0) is 22.5. The summed E-state index contributed by atoms with van der Waals surface area (Å²) >= 11 is 0. The molecule has 0 amide bonds. The molecule has 0 saturated heterocycles. The summed E-state index contributed by atoms with van der Waals surface area (Å²) in [6.45, 7) is 6.56. The molecule has 8 nitrogen and oxygen atoms in total. The van der Waals surface area contributed by atoms with Crippen molar-refractivity contribution in [2.45, 2.75) is 46.0 Å².